The van der Waals surface area contributed by atoms with Crippen LogP contribution in [0.1, 0.15) is 26.5 Å². The molecule has 0 bridgehead atoms. The molecule has 0 amide bonds. The Hall–Kier alpha value is -0.400. The van der Waals surface area contributed by atoms with E-state index < -0.39 is 0 Å². The van der Waals surface area contributed by atoms with Crippen LogP contribution in [0.15, 0.2) is 33.5 Å². The summed E-state index contributed by atoms with van der Waals surface area (Å²) in [6.45, 7) is 7.09. The zero-order valence-electron chi connectivity index (χ0n) is 11.1. The van der Waals surface area contributed by atoms with Crippen molar-refractivity contribution in [3.05, 3.63) is 38.3 Å². The second kappa shape index (κ2) is 5.93. The molecule has 0 aliphatic heterocycles. The fourth-order valence-electron chi connectivity index (χ4n) is 1.63. The van der Waals surface area contributed by atoms with Gasteiger partial charge in [0.25, 0.3) is 0 Å². The number of hydrogen-bond donors (Lipinski definition) is 1. The number of aromatic nitrogens is 1. The number of benzene rings is 1. The molecule has 19 heavy (non-hydrogen) atoms. The molecule has 0 aliphatic carbocycles. The largest absolute Gasteiger partial charge is 0.443 e. The molecule has 0 spiro atoms. The Morgan fingerprint density at radius 1 is 1.37 bits per heavy atom. The summed E-state index contributed by atoms with van der Waals surface area (Å²) in [5, 5.41) is 3.43. The van der Waals surface area contributed by atoms with Gasteiger partial charge in [-0.2, -0.15) is 0 Å². The molecule has 0 saturated carbocycles. The van der Waals surface area contributed by atoms with Crippen molar-refractivity contribution in [1.82, 2.24) is 10.3 Å². The maximum absolute atomic E-state index is 5.57. The zero-order valence-corrected chi connectivity index (χ0v) is 14.9. The third-order valence-corrected chi connectivity index (χ3v) is 3.96. The van der Waals surface area contributed by atoms with Crippen LogP contribution in [-0.4, -0.2) is 10.5 Å². The molecule has 1 heterocycles. The highest BCUT2D eigenvalue weighted by atomic mass is 127. The van der Waals surface area contributed by atoms with Crippen LogP contribution in [-0.2, 0) is 6.54 Å². The van der Waals surface area contributed by atoms with Crippen LogP contribution >= 0.6 is 38.5 Å². The Kier molecular flexibility index (Phi) is 4.68. The minimum Gasteiger partial charge on any atom is -0.443 e. The predicted molar refractivity (Wildman–Crippen MR) is 88.9 cm³/mol. The quantitative estimate of drug-likeness (QED) is 0.717. The summed E-state index contributed by atoms with van der Waals surface area (Å²) in [4.78, 5) is 4.31. The van der Waals surface area contributed by atoms with Crippen LogP contribution in [0.5, 0.6) is 0 Å². The van der Waals surface area contributed by atoms with Crippen molar-refractivity contribution in [2.75, 3.05) is 0 Å². The lowest BCUT2D eigenvalue weighted by Gasteiger charge is -2.19. The second-order valence-corrected chi connectivity index (χ2v) is 7.46. The van der Waals surface area contributed by atoms with Crippen LogP contribution in [0.4, 0.5) is 0 Å². The van der Waals surface area contributed by atoms with Crippen molar-refractivity contribution in [2.45, 2.75) is 32.9 Å². The average Bonchev–Trinajstić information content (AvgIpc) is 2.77. The van der Waals surface area contributed by atoms with E-state index in [9.17, 15) is 0 Å². The van der Waals surface area contributed by atoms with Gasteiger partial charge in [-0.1, -0.05) is 15.9 Å². The van der Waals surface area contributed by atoms with E-state index in [1.54, 1.807) is 0 Å². The molecule has 0 radical (unpaired) electrons. The van der Waals surface area contributed by atoms with Gasteiger partial charge in [-0.3, -0.25) is 0 Å². The lowest BCUT2D eigenvalue weighted by Crippen LogP contribution is -2.35. The van der Waals surface area contributed by atoms with Crippen molar-refractivity contribution in [2.24, 2.45) is 0 Å². The molecule has 1 aromatic carbocycles. The molecule has 3 nitrogen and oxygen atoms in total. The SMILES string of the molecule is CC(C)(C)NCc1ncoc1-c1cc(I)ccc1Br. The monoisotopic (exact) mass is 434 g/mol. The Labute approximate surface area is 135 Å². The van der Waals surface area contributed by atoms with Gasteiger partial charge in [0.1, 0.15) is 5.69 Å². The van der Waals surface area contributed by atoms with Gasteiger partial charge in [-0.25, -0.2) is 4.98 Å². The Balaban J connectivity index is 2.31. The van der Waals surface area contributed by atoms with E-state index in [-0.39, 0.29) is 5.54 Å². The minimum absolute atomic E-state index is 0.0541. The van der Waals surface area contributed by atoms with Crippen LogP contribution in [0.25, 0.3) is 11.3 Å². The van der Waals surface area contributed by atoms with Crippen molar-refractivity contribution < 1.29 is 4.42 Å². The van der Waals surface area contributed by atoms with Crippen molar-refractivity contribution in [3.8, 4) is 11.3 Å². The average molecular weight is 435 g/mol. The molecule has 0 atom stereocenters. The number of nitrogens with zero attached hydrogens (tertiary/aromatic N) is 1. The number of hydrogen-bond acceptors (Lipinski definition) is 3. The van der Waals surface area contributed by atoms with E-state index >= 15 is 0 Å². The predicted octanol–water partition coefficient (Wildman–Crippen LogP) is 4.60. The topological polar surface area (TPSA) is 38.1 Å². The molecule has 2 aromatic rings. The first-order chi connectivity index (χ1) is 8.87. The Bertz CT molecular complexity index is 575. The normalized spacial score (nSPS) is 11.8. The van der Waals surface area contributed by atoms with Crippen LogP contribution in [0.3, 0.4) is 0 Å². The van der Waals surface area contributed by atoms with Gasteiger partial charge in [0.15, 0.2) is 12.2 Å². The van der Waals surface area contributed by atoms with E-state index in [2.05, 4.69) is 81.7 Å². The van der Waals surface area contributed by atoms with Crippen molar-refractivity contribution in [1.29, 1.82) is 0 Å². The van der Waals surface area contributed by atoms with E-state index in [1.807, 2.05) is 6.07 Å². The second-order valence-electron chi connectivity index (χ2n) is 5.36. The first-order valence-corrected chi connectivity index (χ1v) is 7.87. The summed E-state index contributed by atoms with van der Waals surface area (Å²) >= 11 is 5.86. The van der Waals surface area contributed by atoms with E-state index in [0.717, 1.165) is 21.5 Å². The van der Waals surface area contributed by atoms with Crippen molar-refractivity contribution >= 4 is 38.5 Å². The standard InChI is InChI=1S/C14H16BrIN2O/c1-14(2,3)18-7-12-13(19-8-17-12)10-6-9(16)4-5-11(10)15/h4-6,8,18H,7H2,1-3H3. The third kappa shape index (κ3) is 4.03. The van der Waals surface area contributed by atoms with Gasteiger partial charge in [-0.05, 0) is 61.6 Å². The highest BCUT2D eigenvalue weighted by Crippen LogP contribution is 2.32. The van der Waals surface area contributed by atoms with Gasteiger partial charge in [-0.15, -0.1) is 0 Å². The molecule has 2 rings (SSSR count). The minimum atomic E-state index is 0.0541. The van der Waals surface area contributed by atoms with Crippen molar-refractivity contribution in [3.63, 3.8) is 0 Å². The molecular formula is C14H16BrIN2O. The van der Waals surface area contributed by atoms with Crippen LogP contribution < -0.4 is 5.32 Å². The van der Waals surface area contributed by atoms with Gasteiger partial charge in [0.05, 0.1) is 0 Å². The molecule has 1 N–H and O–H groups in total. The molecule has 5 heteroatoms. The number of oxazole rings is 1. The lowest BCUT2D eigenvalue weighted by atomic mass is 10.1. The summed E-state index contributed by atoms with van der Waals surface area (Å²) < 4.78 is 7.75. The highest BCUT2D eigenvalue weighted by Gasteiger charge is 2.16. The first kappa shape index (κ1) is 15.0. The Morgan fingerprint density at radius 3 is 2.79 bits per heavy atom. The molecule has 0 fully saturated rings. The van der Waals surface area contributed by atoms with Crippen LogP contribution in [0.2, 0.25) is 0 Å². The lowest BCUT2D eigenvalue weighted by molar-refractivity contribution is 0.421. The van der Waals surface area contributed by atoms with Crippen LogP contribution in [0, 0.1) is 3.57 Å². The third-order valence-electron chi connectivity index (χ3n) is 2.60. The summed E-state index contributed by atoms with van der Waals surface area (Å²) in [5.41, 5.74) is 2.02. The van der Waals surface area contributed by atoms with Gasteiger partial charge in [0.2, 0.25) is 0 Å². The first-order valence-electron chi connectivity index (χ1n) is 5.99. The van der Waals surface area contributed by atoms with Gasteiger partial charge in [0, 0.05) is 25.7 Å². The molecule has 0 saturated heterocycles. The van der Waals surface area contributed by atoms with E-state index in [1.165, 1.54) is 9.96 Å². The van der Waals surface area contributed by atoms with E-state index in [0.29, 0.717) is 6.54 Å². The molecular weight excluding hydrogens is 419 g/mol. The number of rotatable bonds is 3. The fraction of sp³-hybridized carbons (Fsp3) is 0.357. The highest BCUT2D eigenvalue weighted by molar-refractivity contribution is 14.1. The maximum atomic E-state index is 5.57. The van der Waals surface area contributed by atoms with E-state index in [4.69, 9.17) is 4.42 Å². The molecule has 1 aromatic heterocycles. The summed E-state index contributed by atoms with van der Waals surface area (Å²) in [6, 6.07) is 6.17. The molecule has 102 valence electrons. The number of halogens is 2. The molecule has 0 unspecified atom stereocenters. The summed E-state index contributed by atoms with van der Waals surface area (Å²) in [5.74, 6) is 0.821. The fourth-order valence-corrected chi connectivity index (χ4v) is 2.55. The molecule has 0 aliphatic rings. The maximum Gasteiger partial charge on any atom is 0.181 e. The summed E-state index contributed by atoms with van der Waals surface area (Å²) in [7, 11) is 0. The Morgan fingerprint density at radius 2 is 2.11 bits per heavy atom. The van der Waals surface area contributed by atoms with Gasteiger partial charge < -0.3 is 9.73 Å². The van der Waals surface area contributed by atoms with Gasteiger partial charge >= 0.3 is 0 Å². The zero-order chi connectivity index (χ0) is 14.0. The smallest absolute Gasteiger partial charge is 0.181 e. The number of nitrogens with one attached hydrogen (secondary N) is 1. The summed E-state index contributed by atoms with van der Waals surface area (Å²) in [6.07, 6.45) is 1.50.